The molecule has 164 valence electrons. The largest absolute Gasteiger partial charge is 0.378 e. The first kappa shape index (κ1) is 20.5. The Balaban J connectivity index is 1.26. The lowest BCUT2D eigenvalue weighted by Crippen LogP contribution is -2.61. The van der Waals surface area contributed by atoms with Crippen LogP contribution in [0.15, 0.2) is 48.5 Å². The summed E-state index contributed by atoms with van der Waals surface area (Å²) < 4.78 is 19.1. The van der Waals surface area contributed by atoms with Gasteiger partial charge in [0.1, 0.15) is 5.82 Å². The van der Waals surface area contributed by atoms with Crippen molar-refractivity contribution in [1.82, 2.24) is 10.2 Å². The van der Waals surface area contributed by atoms with E-state index in [0.717, 1.165) is 30.6 Å². The Kier molecular flexibility index (Phi) is 5.22. The summed E-state index contributed by atoms with van der Waals surface area (Å²) in [6.45, 7) is 7.20. The van der Waals surface area contributed by atoms with Crippen LogP contribution in [-0.2, 0) is 16.7 Å². The van der Waals surface area contributed by atoms with Crippen LogP contribution in [0.1, 0.15) is 37.8 Å². The lowest BCUT2D eigenvalue weighted by atomic mass is 9.87. The minimum atomic E-state index is -0.208. The number of anilines is 1. The maximum atomic E-state index is 13.3. The Morgan fingerprint density at radius 2 is 1.77 bits per heavy atom. The molecule has 2 fully saturated rings. The van der Waals surface area contributed by atoms with Crippen molar-refractivity contribution in [2.75, 3.05) is 24.7 Å². The van der Waals surface area contributed by atoms with E-state index in [9.17, 15) is 9.18 Å². The van der Waals surface area contributed by atoms with E-state index in [1.165, 1.54) is 17.7 Å². The predicted octanol–water partition coefficient (Wildman–Crippen LogP) is 4.06. The minimum absolute atomic E-state index is 0.00555. The quantitative estimate of drug-likeness (QED) is 0.810. The number of ether oxygens (including phenoxy) is 1. The molecule has 31 heavy (non-hydrogen) atoms. The monoisotopic (exact) mass is 423 g/mol. The Bertz CT molecular complexity index is 947. The molecule has 0 aromatic heterocycles. The first-order chi connectivity index (χ1) is 14.9. The fourth-order valence-electron chi connectivity index (χ4n) is 5.45. The summed E-state index contributed by atoms with van der Waals surface area (Å²) in [4.78, 5) is 17.6. The van der Waals surface area contributed by atoms with Gasteiger partial charge in [-0.25, -0.2) is 9.18 Å². The van der Waals surface area contributed by atoms with Gasteiger partial charge in [-0.05, 0) is 42.2 Å². The lowest BCUT2D eigenvalue weighted by Gasteiger charge is -2.48. The van der Waals surface area contributed by atoms with Gasteiger partial charge in [0.15, 0.2) is 0 Å². The first-order valence-corrected chi connectivity index (χ1v) is 11.2. The Morgan fingerprint density at radius 3 is 2.48 bits per heavy atom. The molecule has 2 aromatic rings. The number of piperidine rings is 1. The van der Waals surface area contributed by atoms with Gasteiger partial charge in [0.2, 0.25) is 0 Å². The summed E-state index contributed by atoms with van der Waals surface area (Å²) >= 11 is 0. The predicted molar refractivity (Wildman–Crippen MR) is 119 cm³/mol. The first-order valence-electron chi connectivity index (χ1n) is 11.2. The molecule has 0 aliphatic carbocycles. The number of para-hydroxylation sites is 1. The molecular weight excluding hydrogens is 393 g/mol. The molecule has 6 heteroatoms. The van der Waals surface area contributed by atoms with Crippen LogP contribution in [0.25, 0.3) is 0 Å². The Morgan fingerprint density at radius 1 is 1.10 bits per heavy atom. The van der Waals surface area contributed by atoms with E-state index < -0.39 is 0 Å². The van der Waals surface area contributed by atoms with Crippen molar-refractivity contribution in [2.24, 2.45) is 0 Å². The molecule has 3 aliphatic rings. The highest BCUT2D eigenvalue weighted by Crippen LogP contribution is 2.40. The number of fused-ring (bicyclic) bond motifs is 3. The third-order valence-electron chi connectivity index (χ3n) is 7.00. The number of amides is 2. The third kappa shape index (κ3) is 3.94. The zero-order valence-corrected chi connectivity index (χ0v) is 18.2. The normalized spacial score (nSPS) is 27.1. The molecule has 2 bridgehead atoms. The van der Waals surface area contributed by atoms with E-state index >= 15 is 0 Å². The van der Waals surface area contributed by atoms with Gasteiger partial charge in [-0.15, -0.1) is 0 Å². The van der Waals surface area contributed by atoms with Crippen molar-refractivity contribution in [3.63, 3.8) is 0 Å². The number of urea groups is 1. The summed E-state index contributed by atoms with van der Waals surface area (Å²) in [6, 6.07) is 15.6. The summed E-state index contributed by atoms with van der Waals surface area (Å²) in [7, 11) is 0. The van der Waals surface area contributed by atoms with Crippen molar-refractivity contribution in [2.45, 2.75) is 56.8 Å². The molecule has 5 rings (SSSR count). The summed E-state index contributed by atoms with van der Waals surface area (Å²) in [6.07, 6.45) is 1.73. The van der Waals surface area contributed by atoms with E-state index in [1.54, 1.807) is 0 Å². The van der Waals surface area contributed by atoms with Crippen molar-refractivity contribution >= 4 is 11.7 Å². The molecule has 3 atom stereocenters. The molecule has 3 aliphatic heterocycles. The molecule has 2 saturated heterocycles. The van der Waals surface area contributed by atoms with Gasteiger partial charge >= 0.3 is 6.03 Å². The molecule has 5 nitrogen and oxygen atoms in total. The van der Waals surface area contributed by atoms with E-state index in [4.69, 9.17) is 4.74 Å². The van der Waals surface area contributed by atoms with Crippen LogP contribution >= 0.6 is 0 Å². The van der Waals surface area contributed by atoms with Crippen LogP contribution in [-0.4, -0.2) is 48.8 Å². The van der Waals surface area contributed by atoms with Crippen LogP contribution in [0.3, 0.4) is 0 Å². The van der Waals surface area contributed by atoms with Crippen LogP contribution in [0, 0.1) is 5.82 Å². The second-order valence-electron chi connectivity index (χ2n) is 9.75. The topological polar surface area (TPSA) is 44.8 Å². The van der Waals surface area contributed by atoms with E-state index in [1.807, 2.05) is 35.2 Å². The highest BCUT2D eigenvalue weighted by Gasteiger charge is 2.42. The third-order valence-corrected chi connectivity index (χ3v) is 7.00. The van der Waals surface area contributed by atoms with Crippen molar-refractivity contribution in [3.05, 3.63) is 65.5 Å². The van der Waals surface area contributed by atoms with Gasteiger partial charge in [0, 0.05) is 42.3 Å². The molecule has 3 heterocycles. The van der Waals surface area contributed by atoms with Gasteiger partial charge < -0.3 is 10.1 Å². The number of nitrogens with one attached hydrogen (secondary N) is 1. The average molecular weight is 424 g/mol. The zero-order valence-electron chi connectivity index (χ0n) is 18.2. The molecule has 0 unspecified atom stereocenters. The summed E-state index contributed by atoms with van der Waals surface area (Å²) in [5.74, 6) is -0.208. The van der Waals surface area contributed by atoms with Gasteiger partial charge in [-0.1, -0.05) is 44.2 Å². The molecule has 2 amide bonds. The van der Waals surface area contributed by atoms with Crippen molar-refractivity contribution < 1.29 is 13.9 Å². The number of carbonyl (C=O) groups excluding carboxylic acids is 1. The Hall–Kier alpha value is -2.44. The number of benzene rings is 2. The summed E-state index contributed by atoms with van der Waals surface area (Å²) in [5.41, 5.74) is 3.31. The maximum Gasteiger partial charge on any atom is 0.322 e. The molecule has 1 N–H and O–H groups in total. The van der Waals surface area contributed by atoms with Crippen LogP contribution in [0.2, 0.25) is 0 Å². The molecule has 0 saturated carbocycles. The van der Waals surface area contributed by atoms with E-state index in [2.05, 4.69) is 30.1 Å². The number of hydrogen-bond acceptors (Lipinski definition) is 3. The second kappa shape index (κ2) is 7.92. The number of rotatable bonds is 3. The summed E-state index contributed by atoms with van der Waals surface area (Å²) in [5, 5.41) is 3.32. The Labute approximate surface area is 183 Å². The number of nitrogens with zero attached hydrogens (tertiary/aromatic N) is 2. The average Bonchev–Trinajstić information content (AvgIpc) is 3.02. The van der Waals surface area contributed by atoms with Crippen molar-refractivity contribution in [3.8, 4) is 0 Å². The zero-order chi connectivity index (χ0) is 21.6. The molecule has 2 aromatic carbocycles. The number of morpholine rings is 1. The van der Waals surface area contributed by atoms with Gasteiger partial charge in [-0.3, -0.25) is 9.80 Å². The van der Waals surface area contributed by atoms with Crippen molar-refractivity contribution in [1.29, 1.82) is 0 Å². The fourth-order valence-corrected chi connectivity index (χ4v) is 5.45. The van der Waals surface area contributed by atoms with Gasteiger partial charge in [-0.2, -0.15) is 0 Å². The number of hydrogen-bond donors (Lipinski definition) is 1. The number of halogens is 1. The molecule has 0 spiro atoms. The standard InChI is InChI=1S/C25H30FN3O2/c1-25(2)16-29(23-6-4-3-5-22(23)25)24(30)27-19-11-20-14-31-15-21(12-19)28(20)13-17-7-9-18(26)10-8-17/h3-10,19-21H,11-16H2,1-2H3,(H,27,30)/t19-,20-,21+. The second-order valence-corrected chi connectivity index (χ2v) is 9.75. The number of carbonyl (C=O) groups is 1. The highest BCUT2D eigenvalue weighted by atomic mass is 19.1. The molecule has 0 radical (unpaired) electrons. The SMILES string of the molecule is CC1(C)CN(C(=O)N[C@H]2C[C@H]3COC[C@@H](C2)N3Cc2ccc(F)cc2)c2ccccc21. The lowest BCUT2D eigenvalue weighted by molar-refractivity contribution is -0.0840. The maximum absolute atomic E-state index is 13.3. The molecular formula is C25H30FN3O2. The van der Waals surface area contributed by atoms with Crippen LogP contribution in [0.5, 0.6) is 0 Å². The van der Waals surface area contributed by atoms with Crippen LogP contribution in [0.4, 0.5) is 14.9 Å². The smallest absolute Gasteiger partial charge is 0.322 e. The van der Waals surface area contributed by atoms with Gasteiger partial charge in [0.25, 0.3) is 0 Å². The van der Waals surface area contributed by atoms with Crippen LogP contribution < -0.4 is 10.2 Å². The van der Waals surface area contributed by atoms with E-state index in [-0.39, 0.29) is 35.4 Å². The van der Waals surface area contributed by atoms with E-state index in [0.29, 0.717) is 19.8 Å². The fraction of sp³-hybridized carbons (Fsp3) is 0.480. The van der Waals surface area contributed by atoms with Gasteiger partial charge in [0.05, 0.1) is 13.2 Å². The highest BCUT2D eigenvalue weighted by molar-refractivity contribution is 5.95. The minimum Gasteiger partial charge on any atom is -0.378 e.